The molecule has 7 heteroatoms. The van der Waals surface area contributed by atoms with Gasteiger partial charge in [-0.15, -0.1) is 0 Å². The largest absolute Gasteiger partial charge is 0.486 e. The van der Waals surface area contributed by atoms with Crippen LogP contribution in [0.2, 0.25) is 0 Å². The number of nitrogens with zero attached hydrogens (tertiary/aromatic N) is 3. The van der Waals surface area contributed by atoms with Gasteiger partial charge < -0.3 is 16.2 Å². The minimum absolute atomic E-state index is 0.167. The number of guanidine groups is 2. The van der Waals surface area contributed by atoms with Gasteiger partial charge in [-0.05, 0) is 51.7 Å². The van der Waals surface area contributed by atoms with Crippen LogP contribution in [0.4, 0.5) is 10.1 Å². The Morgan fingerprint density at radius 3 is 2.58 bits per heavy atom. The number of anilines is 1. The fourth-order valence-electron chi connectivity index (χ4n) is 3.50. The Morgan fingerprint density at radius 2 is 1.92 bits per heavy atom. The molecule has 3 rings (SSSR count). The van der Waals surface area contributed by atoms with Gasteiger partial charge in [0.15, 0.2) is 11.6 Å². The standard InChI is InChI=1S/C17H24FN5O/c1-11(2)24-14-12(18)7-6-8-13(14)23-16(20)21-15(19)22-17(23)9-4-3-5-10-17/h6-8,11H,3-5,9-10H2,1-2H3,(H4,19,20,21,22). The van der Waals surface area contributed by atoms with Crippen LogP contribution in [-0.4, -0.2) is 23.7 Å². The molecule has 4 N–H and O–H groups in total. The molecule has 130 valence electrons. The normalized spacial score (nSPS) is 20.1. The SMILES string of the molecule is CC(C)Oc1c(F)cccc1N1C(N)=NC(N)=NC12CCCCC2. The molecule has 1 aromatic carbocycles. The predicted octanol–water partition coefficient (Wildman–Crippen LogP) is 2.72. The highest BCUT2D eigenvalue weighted by Crippen LogP contribution is 2.43. The van der Waals surface area contributed by atoms with E-state index in [0.29, 0.717) is 5.69 Å². The average molecular weight is 333 g/mol. The Kier molecular flexibility index (Phi) is 4.34. The van der Waals surface area contributed by atoms with E-state index >= 15 is 0 Å². The molecule has 1 aliphatic heterocycles. The summed E-state index contributed by atoms with van der Waals surface area (Å²) in [6, 6.07) is 4.81. The van der Waals surface area contributed by atoms with Gasteiger partial charge in [0.05, 0.1) is 11.8 Å². The average Bonchev–Trinajstić information content (AvgIpc) is 2.50. The third kappa shape index (κ3) is 2.90. The summed E-state index contributed by atoms with van der Waals surface area (Å²) in [5, 5.41) is 0. The van der Waals surface area contributed by atoms with E-state index in [1.54, 1.807) is 17.0 Å². The first-order valence-electron chi connectivity index (χ1n) is 8.38. The second-order valence-electron chi connectivity index (χ2n) is 6.57. The molecular weight excluding hydrogens is 309 g/mol. The molecule has 1 spiro atoms. The summed E-state index contributed by atoms with van der Waals surface area (Å²) in [4.78, 5) is 10.5. The van der Waals surface area contributed by atoms with Gasteiger partial charge in [-0.3, -0.25) is 4.90 Å². The van der Waals surface area contributed by atoms with Gasteiger partial charge in [0.2, 0.25) is 11.9 Å². The van der Waals surface area contributed by atoms with E-state index in [9.17, 15) is 4.39 Å². The van der Waals surface area contributed by atoms with Crippen LogP contribution in [0.1, 0.15) is 46.0 Å². The maximum atomic E-state index is 14.4. The lowest BCUT2D eigenvalue weighted by Gasteiger charge is -2.46. The van der Waals surface area contributed by atoms with Crippen molar-refractivity contribution in [3.63, 3.8) is 0 Å². The number of nitrogens with two attached hydrogens (primary N) is 2. The Balaban J connectivity index is 2.12. The number of rotatable bonds is 3. The first kappa shape index (κ1) is 16.5. The summed E-state index contributed by atoms with van der Waals surface area (Å²) < 4.78 is 20.2. The summed E-state index contributed by atoms with van der Waals surface area (Å²) >= 11 is 0. The lowest BCUT2D eigenvalue weighted by Crippen LogP contribution is -2.58. The number of para-hydroxylation sites is 1. The van der Waals surface area contributed by atoms with Crippen molar-refractivity contribution in [3.8, 4) is 5.75 Å². The minimum atomic E-state index is -0.614. The van der Waals surface area contributed by atoms with Gasteiger partial charge >= 0.3 is 0 Å². The lowest BCUT2D eigenvalue weighted by molar-refractivity contribution is 0.229. The van der Waals surface area contributed by atoms with Crippen LogP contribution in [-0.2, 0) is 0 Å². The molecular formula is C17H24FN5O. The van der Waals surface area contributed by atoms with E-state index in [1.165, 1.54) is 6.07 Å². The van der Waals surface area contributed by atoms with Crippen LogP contribution < -0.4 is 21.1 Å². The van der Waals surface area contributed by atoms with Gasteiger partial charge in [-0.1, -0.05) is 12.5 Å². The Hall–Kier alpha value is -2.31. The van der Waals surface area contributed by atoms with Crippen LogP contribution in [0.5, 0.6) is 5.75 Å². The smallest absolute Gasteiger partial charge is 0.220 e. The van der Waals surface area contributed by atoms with Crippen molar-refractivity contribution in [3.05, 3.63) is 24.0 Å². The quantitative estimate of drug-likeness (QED) is 0.890. The molecule has 6 nitrogen and oxygen atoms in total. The third-order valence-corrected chi connectivity index (χ3v) is 4.39. The minimum Gasteiger partial charge on any atom is -0.486 e. The summed E-state index contributed by atoms with van der Waals surface area (Å²) in [7, 11) is 0. The Labute approximate surface area is 141 Å². The zero-order valence-electron chi connectivity index (χ0n) is 14.1. The van der Waals surface area contributed by atoms with Crippen LogP contribution in [0.15, 0.2) is 28.2 Å². The summed E-state index contributed by atoms with van der Waals surface area (Å²) in [5.41, 5.74) is 12.0. The molecule has 1 saturated carbocycles. The van der Waals surface area contributed by atoms with Crippen LogP contribution in [0.3, 0.4) is 0 Å². The number of hydrogen-bond donors (Lipinski definition) is 2. The Morgan fingerprint density at radius 1 is 1.21 bits per heavy atom. The lowest BCUT2D eigenvalue weighted by atomic mass is 9.87. The molecule has 0 aromatic heterocycles. The van der Waals surface area contributed by atoms with E-state index in [-0.39, 0.29) is 23.8 Å². The van der Waals surface area contributed by atoms with E-state index in [4.69, 9.17) is 16.2 Å². The molecule has 0 amide bonds. The summed E-state index contributed by atoms with van der Waals surface area (Å²) in [6.07, 6.45) is 4.58. The van der Waals surface area contributed by atoms with E-state index < -0.39 is 11.5 Å². The molecule has 1 aliphatic carbocycles. The first-order chi connectivity index (χ1) is 11.4. The molecule has 24 heavy (non-hydrogen) atoms. The van der Waals surface area contributed by atoms with Gasteiger partial charge in [0.1, 0.15) is 5.66 Å². The van der Waals surface area contributed by atoms with Crippen LogP contribution in [0, 0.1) is 5.82 Å². The van der Waals surface area contributed by atoms with Crippen LogP contribution >= 0.6 is 0 Å². The number of aliphatic imine (C=N–C) groups is 2. The molecule has 0 radical (unpaired) electrons. The van der Waals surface area contributed by atoms with Crippen LogP contribution in [0.25, 0.3) is 0 Å². The third-order valence-electron chi connectivity index (χ3n) is 4.39. The van der Waals surface area contributed by atoms with Crippen molar-refractivity contribution in [1.82, 2.24) is 0 Å². The second-order valence-corrected chi connectivity index (χ2v) is 6.57. The maximum Gasteiger partial charge on any atom is 0.220 e. The van der Waals surface area contributed by atoms with Crippen molar-refractivity contribution in [2.45, 2.75) is 57.7 Å². The van der Waals surface area contributed by atoms with E-state index in [0.717, 1.165) is 32.1 Å². The first-order valence-corrected chi connectivity index (χ1v) is 8.38. The number of ether oxygens (including phenoxy) is 1. The molecule has 2 aliphatic rings. The number of benzene rings is 1. The molecule has 0 bridgehead atoms. The number of hydrogen-bond acceptors (Lipinski definition) is 6. The molecule has 1 aromatic rings. The van der Waals surface area contributed by atoms with E-state index in [2.05, 4.69) is 9.98 Å². The Bertz CT molecular complexity index is 680. The van der Waals surface area contributed by atoms with Gasteiger partial charge in [-0.25, -0.2) is 9.38 Å². The van der Waals surface area contributed by atoms with Crippen molar-refractivity contribution in [2.24, 2.45) is 21.5 Å². The summed E-state index contributed by atoms with van der Waals surface area (Å²) in [5.74, 6) is 0.144. The molecule has 1 fully saturated rings. The highest BCUT2D eigenvalue weighted by molar-refractivity contribution is 6.06. The highest BCUT2D eigenvalue weighted by Gasteiger charge is 2.44. The molecule has 0 atom stereocenters. The highest BCUT2D eigenvalue weighted by atomic mass is 19.1. The molecule has 1 heterocycles. The van der Waals surface area contributed by atoms with Crippen molar-refractivity contribution < 1.29 is 9.13 Å². The zero-order chi connectivity index (χ0) is 17.3. The zero-order valence-corrected chi connectivity index (χ0v) is 14.1. The van der Waals surface area contributed by atoms with Crippen molar-refractivity contribution in [2.75, 3.05) is 4.90 Å². The fraction of sp³-hybridized carbons (Fsp3) is 0.529. The fourth-order valence-corrected chi connectivity index (χ4v) is 3.50. The monoisotopic (exact) mass is 333 g/mol. The van der Waals surface area contributed by atoms with Crippen molar-refractivity contribution >= 4 is 17.6 Å². The number of halogens is 1. The van der Waals surface area contributed by atoms with Crippen molar-refractivity contribution in [1.29, 1.82) is 0 Å². The van der Waals surface area contributed by atoms with Gasteiger partial charge in [-0.2, -0.15) is 4.99 Å². The van der Waals surface area contributed by atoms with Gasteiger partial charge in [0.25, 0.3) is 0 Å². The second kappa shape index (κ2) is 6.30. The van der Waals surface area contributed by atoms with E-state index in [1.807, 2.05) is 13.8 Å². The topological polar surface area (TPSA) is 89.2 Å². The van der Waals surface area contributed by atoms with Gasteiger partial charge in [0, 0.05) is 0 Å². The maximum absolute atomic E-state index is 14.4. The molecule has 0 unspecified atom stereocenters. The predicted molar refractivity (Wildman–Crippen MR) is 93.7 cm³/mol. The molecule has 0 saturated heterocycles. The summed E-state index contributed by atoms with van der Waals surface area (Å²) in [6.45, 7) is 3.72.